The molecule has 1 N–H and O–H groups in total. The molecule has 0 radical (unpaired) electrons. The largest absolute Gasteiger partial charge is 0.493 e. The number of rotatable bonds is 6. The molecule has 2 aromatic rings. The first kappa shape index (κ1) is 19.3. The molecule has 1 heterocycles. The third kappa shape index (κ3) is 4.09. The number of esters is 1. The fourth-order valence-electron chi connectivity index (χ4n) is 2.92. The third-order valence-corrected chi connectivity index (χ3v) is 4.33. The molecule has 1 amide bonds. The predicted octanol–water partition coefficient (Wildman–Crippen LogP) is 3.08. The highest BCUT2D eigenvalue weighted by Crippen LogP contribution is 2.34. The lowest BCUT2D eigenvalue weighted by Crippen LogP contribution is -2.13. The van der Waals surface area contributed by atoms with E-state index in [1.165, 1.54) is 39.5 Å². The van der Waals surface area contributed by atoms with Crippen LogP contribution >= 0.6 is 0 Å². The number of carbonyl (C=O) groups is 2. The highest BCUT2D eigenvalue weighted by Gasteiger charge is 2.18. The van der Waals surface area contributed by atoms with E-state index in [1.807, 2.05) is 18.2 Å². The summed E-state index contributed by atoms with van der Waals surface area (Å²) < 4.78 is 20.7. The van der Waals surface area contributed by atoms with Crippen LogP contribution in [-0.2, 0) is 16.0 Å². The van der Waals surface area contributed by atoms with Crippen LogP contribution in [-0.4, -0.2) is 39.8 Å². The van der Waals surface area contributed by atoms with E-state index < -0.39 is 11.9 Å². The number of nitrogens with one attached hydrogen (secondary N) is 1. The second kappa shape index (κ2) is 8.47. The second-order valence-electron chi connectivity index (χ2n) is 6.03. The van der Waals surface area contributed by atoms with Crippen molar-refractivity contribution < 1.29 is 28.5 Å². The van der Waals surface area contributed by atoms with Crippen molar-refractivity contribution in [3.05, 3.63) is 53.1 Å². The Kier molecular flexibility index (Phi) is 5.84. The zero-order valence-electron chi connectivity index (χ0n) is 15.9. The van der Waals surface area contributed by atoms with Crippen molar-refractivity contribution in [1.29, 1.82) is 0 Å². The van der Waals surface area contributed by atoms with Crippen molar-refractivity contribution in [2.45, 2.75) is 6.42 Å². The second-order valence-corrected chi connectivity index (χ2v) is 6.03. The Morgan fingerprint density at radius 1 is 1.07 bits per heavy atom. The van der Waals surface area contributed by atoms with Gasteiger partial charge in [0.15, 0.2) is 11.5 Å². The van der Waals surface area contributed by atoms with Gasteiger partial charge in [-0.15, -0.1) is 0 Å². The maximum Gasteiger partial charge on any atom is 0.340 e. The summed E-state index contributed by atoms with van der Waals surface area (Å²) in [6.45, 7) is 0.679. The molecule has 2 aromatic carbocycles. The van der Waals surface area contributed by atoms with Gasteiger partial charge in [0.2, 0.25) is 5.91 Å². The fourth-order valence-corrected chi connectivity index (χ4v) is 2.92. The Morgan fingerprint density at radius 2 is 1.82 bits per heavy atom. The average Bonchev–Trinajstić information content (AvgIpc) is 3.19. The van der Waals surface area contributed by atoms with Gasteiger partial charge in [0.25, 0.3) is 0 Å². The number of ether oxygens (including phenoxy) is 4. The van der Waals surface area contributed by atoms with E-state index in [4.69, 9.17) is 18.9 Å². The Bertz CT molecular complexity index is 935. The van der Waals surface area contributed by atoms with Gasteiger partial charge in [0.1, 0.15) is 5.75 Å². The van der Waals surface area contributed by atoms with Crippen molar-refractivity contribution in [3.8, 4) is 17.2 Å². The number of amides is 1. The number of hydrogen-bond acceptors (Lipinski definition) is 6. The van der Waals surface area contributed by atoms with Crippen LogP contribution in [0.2, 0.25) is 0 Å². The van der Waals surface area contributed by atoms with E-state index in [2.05, 4.69) is 5.32 Å². The van der Waals surface area contributed by atoms with Crippen LogP contribution in [0.5, 0.6) is 17.2 Å². The summed E-state index contributed by atoms with van der Waals surface area (Å²) in [5.74, 6) is 0.632. The van der Waals surface area contributed by atoms with Gasteiger partial charge in [-0.25, -0.2) is 4.79 Å². The number of hydrogen-bond donors (Lipinski definition) is 1. The minimum absolute atomic E-state index is 0.163. The van der Waals surface area contributed by atoms with Gasteiger partial charge in [0, 0.05) is 24.6 Å². The van der Waals surface area contributed by atoms with Crippen LogP contribution in [0.3, 0.4) is 0 Å². The molecule has 7 heteroatoms. The zero-order valence-corrected chi connectivity index (χ0v) is 15.9. The van der Waals surface area contributed by atoms with E-state index in [0.29, 0.717) is 18.1 Å². The maximum atomic E-state index is 12.4. The SMILES string of the molecule is COC(=O)c1cc(OC)c(OC)cc1NC(=O)/C=C/c1ccc2c(c1)CCO2. The van der Waals surface area contributed by atoms with E-state index in [1.54, 1.807) is 6.08 Å². The molecule has 28 heavy (non-hydrogen) atoms. The van der Waals surface area contributed by atoms with Crippen molar-refractivity contribution in [1.82, 2.24) is 0 Å². The highest BCUT2D eigenvalue weighted by atomic mass is 16.5. The molecule has 1 aliphatic rings. The molecule has 1 aliphatic heterocycles. The Labute approximate surface area is 162 Å². The van der Waals surface area contributed by atoms with Gasteiger partial charge >= 0.3 is 5.97 Å². The maximum absolute atomic E-state index is 12.4. The Balaban J connectivity index is 1.81. The minimum Gasteiger partial charge on any atom is -0.493 e. The lowest BCUT2D eigenvalue weighted by molar-refractivity contribution is -0.111. The summed E-state index contributed by atoms with van der Waals surface area (Å²) in [6.07, 6.45) is 3.96. The van der Waals surface area contributed by atoms with Gasteiger partial charge in [-0.2, -0.15) is 0 Å². The molecule has 0 bridgehead atoms. The molecule has 0 saturated carbocycles. The molecule has 3 rings (SSSR count). The van der Waals surface area contributed by atoms with Crippen LogP contribution in [0.25, 0.3) is 6.08 Å². The van der Waals surface area contributed by atoms with Gasteiger partial charge in [-0.3, -0.25) is 4.79 Å². The lowest BCUT2D eigenvalue weighted by atomic mass is 10.1. The smallest absolute Gasteiger partial charge is 0.340 e. The molecule has 0 saturated heterocycles. The summed E-state index contributed by atoms with van der Waals surface area (Å²) >= 11 is 0. The quantitative estimate of drug-likeness (QED) is 0.610. The molecule has 7 nitrogen and oxygen atoms in total. The monoisotopic (exact) mass is 383 g/mol. The van der Waals surface area contributed by atoms with Crippen LogP contribution in [0.4, 0.5) is 5.69 Å². The van der Waals surface area contributed by atoms with Crippen molar-refractivity contribution in [2.75, 3.05) is 33.3 Å². The molecular weight excluding hydrogens is 362 g/mol. The molecule has 0 spiro atoms. The highest BCUT2D eigenvalue weighted by molar-refractivity contribution is 6.07. The summed E-state index contributed by atoms with van der Waals surface area (Å²) in [6, 6.07) is 8.74. The third-order valence-electron chi connectivity index (χ3n) is 4.33. The first-order chi connectivity index (χ1) is 13.5. The van der Waals surface area contributed by atoms with E-state index in [9.17, 15) is 9.59 Å². The van der Waals surface area contributed by atoms with Crippen molar-refractivity contribution in [3.63, 3.8) is 0 Å². The minimum atomic E-state index is -0.598. The molecule has 146 valence electrons. The molecule has 0 atom stereocenters. The topological polar surface area (TPSA) is 83.1 Å². The molecular formula is C21H21NO6. The van der Waals surface area contributed by atoms with Crippen LogP contribution < -0.4 is 19.5 Å². The number of benzene rings is 2. The van der Waals surface area contributed by atoms with Crippen LogP contribution in [0, 0.1) is 0 Å². The average molecular weight is 383 g/mol. The van der Waals surface area contributed by atoms with E-state index in [-0.39, 0.29) is 11.3 Å². The normalized spacial score (nSPS) is 12.2. The van der Waals surface area contributed by atoms with Gasteiger partial charge < -0.3 is 24.3 Å². The van der Waals surface area contributed by atoms with Gasteiger partial charge in [-0.1, -0.05) is 6.07 Å². The van der Waals surface area contributed by atoms with Gasteiger partial charge in [0.05, 0.1) is 39.2 Å². The van der Waals surface area contributed by atoms with E-state index >= 15 is 0 Å². The molecule has 0 fully saturated rings. The first-order valence-electron chi connectivity index (χ1n) is 8.65. The number of methoxy groups -OCH3 is 3. The summed E-state index contributed by atoms with van der Waals surface area (Å²) in [7, 11) is 4.20. The summed E-state index contributed by atoms with van der Waals surface area (Å²) in [4.78, 5) is 24.5. The molecule has 0 aromatic heterocycles. The molecule has 0 aliphatic carbocycles. The standard InChI is InChI=1S/C21H21NO6/c1-25-18-11-15(21(24)27-3)16(12-19(18)26-2)22-20(23)7-5-13-4-6-17-14(10-13)8-9-28-17/h4-7,10-12H,8-9H2,1-3H3,(H,22,23)/b7-5+. The van der Waals surface area contributed by atoms with E-state index in [0.717, 1.165) is 23.3 Å². The molecule has 0 unspecified atom stereocenters. The fraction of sp³-hybridized carbons (Fsp3) is 0.238. The predicted molar refractivity (Wildman–Crippen MR) is 104 cm³/mol. The number of carbonyl (C=O) groups excluding carboxylic acids is 2. The van der Waals surface area contributed by atoms with Crippen LogP contribution in [0.15, 0.2) is 36.4 Å². The number of fused-ring (bicyclic) bond motifs is 1. The van der Waals surface area contributed by atoms with Crippen molar-refractivity contribution >= 4 is 23.6 Å². The summed E-state index contributed by atoms with van der Waals surface area (Å²) in [5, 5.41) is 2.69. The van der Waals surface area contributed by atoms with Crippen LogP contribution in [0.1, 0.15) is 21.5 Å². The Morgan fingerprint density at radius 3 is 2.54 bits per heavy atom. The number of anilines is 1. The van der Waals surface area contributed by atoms with Crippen molar-refractivity contribution in [2.24, 2.45) is 0 Å². The zero-order chi connectivity index (χ0) is 20.1. The Hall–Kier alpha value is -3.48. The van der Waals surface area contributed by atoms with Gasteiger partial charge in [-0.05, 0) is 29.3 Å². The first-order valence-corrected chi connectivity index (χ1v) is 8.65. The lowest BCUT2D eigenvalue weighted by Gasteiger charge is -2.14. The summed E-state index contributed by atoms with van der Waals surface area (Å²) in [5.41, 5.74) is 2.44.